The van der Waals surface area contributed by atoms with Gasteiger partial charge in [-0.1, -0.05) is 5.92 Å². The summed E-state index contributed by atoms with van der Waals surface area (Å²) < 4.78 is 0. The zero-order chi connectivity index (χ0) is 10.3. The molecule has 0 radical (unpaired) electrons. The Morgan fingerprint density at radius 2 is 2.53 bits per heavy atom. The van der Waals surface area contributed by atoms with E-state index in [0.29, 0.717) is 12.1 Å². The van der Waals surface area contributed by atoms with Crippen molar-refractivity contribution in [3.05, 3.63) is 17.8 Å². The molecule has 4 nitrogen and oxygen atoms in total. The van der Waals surface area contributed by atoms with Crippen LogP contribution in [0.3, 0.4) is 0 Å². The molecule has 2 aliphatic rings. The largest absolute Gasteiger partial charge is 0.348 e. The third kappa shape index (κ3) is 1.28. The highest BCUT2D eigenvalue weighted by molar-refractivity contribution is 5.56. The zero-order valence-corrected chi connectivity index (χ0v) is 8.35. The summed E-state index contributed by atoms with van der Waals surface area (Å²) in [5.41, 5.74) is 0.845. The van der Waals surface area contributed by atoms with Gasteiger partial charge in [0, 0.05) is 25.2 Å². The molecule has 2 saturated heterocycles. The van der Waals surface area contributed by atoms with Gasteiger partial charge < -0.3 is 10.2 Å². The average molecular weight is 200 g/mol. The Balaban J connectivity index is 1.97. The molecule has 0 unspecified atom stereocenters. The first kappa shape index (κ1) is 8.69. The first-order chi connectivity index (χ1) is 7.38. The second kappa shape index (κ2) is 3.21. The Bertz CT molecular complexity index is 423. The van der Waals surface area contributed by atoms with Crippen molar-refractivity contribution in [2.75, 3.05) is 18.0 Å². The average Bonchev–Trinajstić information content (AvgIpc) is 2.90. The van der Waals surface area contributed by atoms with Gasteiger partial charge in [0.1, 0.15) is 0 Å². The van der Waals surface area contributed by atoms with E-state index in [-0.39, 0.29) is 0 Å². The lowest BCUT2D eigenvalue weighted by Gasteiger charge is -2.28. The second-order valence-corrected chi connectivity index (χ2v) is 4.06. The fourth-order valence-electron chi connectivity index (χ4n) is 2.47. The van der Waals surface area contributed by atoms with Crippen LogP contribution in [-0.4, -0.2) is 35.4 Å². The quantitative estimate of drug-likeness (QED) is 0.648. The minimum absolute atomic E-state index is 0.541. The minimum Gasteiger partial charge on any atom is -0.348 e. The first-order valence-corrected chi connectivity index (χ1v) is 5.17. The molecule has 0 aromatic carbocycles. The van der Waals surface area contributed by atoms with Crippen LogP contribution in [0.5, 0.6) is 0 Å². The van der Waals surface area contributed by atoms with E-state index in [1.165, 1.54) is 6.42 Å². The maximum atomic E-state index is 5.46. The third-order valence-electron chi connectivity index (χ3n) is 3.19. The van der Waals surface area contributed by atoms with Gasteiger partial charge >= 0.3 is 0 Å². The molecule has 2 fully saturated rings. The van der Waals surface area contributed by atoms with Crippen LogP contribution in [0.1, 0.15) is 12.0 Å². The number of terminal acetylenes is 1. The first-order valence-electron chi connectivity index (χ1n) is 5.17. The number of aromatic nitrogens is 2. The van der Waals surface area contributed by atoms with Crippen molar-refractivity contribution in [1.29, 1.82) is 0 Å². The van der Waals surface area contributed by atoms with Gasteiger partial charge in [0.05, 0.1) is 11.8 Å². The number of nitrogens with zero attached hydrogens (tertiary/aromatic N) is 3. The number of hydrogen-bond acceptors (Lipinski definition) is 4. The molecule has 0 saturated carbocycles. The summed E-state index contributed by atoms with van der Waals surface area (Å²) >= 11 is 0. The van der Waals surface area contributed by atoms with Crippen LogP contribution in [0.15, 0.2) is 12.3 Å². The standard InChI is InChI=1S/C11H12N4/c1-2-8-3-4-13-14-11(8)15-7-9-5-10(15)6-12-9/h1,3-4,9-10,12H,5-7H2/t9-,10-/m0/s1. The molecule has 76 valence electrons. The zero-order valence-electron chi connectivity index (χ0n) is 8.35. The molecular weight excluding hydrogens is 188 g/mol. The van der Waals surface area contributed by atoms with Crippen molar-refractivity contribution in [1.82, 2.24) is 15.5 Å². The van der Waals surface area contributed by atoms with Crippen LogP contribution < -0.4 is 10.2 Å². The summed E-state index contributed by atoms with van der Waals surface area (Å²) in [4.78, 5) is 2.28. The van der Waals surface area contributed by atoms with Crippen LogP contribution in [0.2, 0.25) is 0 Å². The Kier molecular flexibility index (Phi) is 1.86. The van der Waals surface area contributed by atoms with E-state index in [2.05, 4.69) is 26.3 Å². The molecule has 0 spiro atoms. The van der Waals surface area contributed by atoms with Gasteiger partial charge in [0.15, 0.2) is 5.82 Å². The minimum atomic E-state index is 0.541. The van der Waals surface area contributed by atoms with Crippen molar-refractivity contribution < 1.29 is 0 Å². The van der Waals surface area contributed by atoms with E-state index < -0.39 is 0 Å². The molecule has 2 atom stereocenters. The van der Waals surface area contributed by atoms with Crippen molar-refractivity contribution in [3.63, 3.8) is 0 Å². The van der Waals surface area contributed by atoms with Gasteiger partial charge in [0.2, 0.25) is 0 Å². The topological polar surface area (TPSA) is 41.1 Å². The molecule has 15 heavy (non-hydrogen) atoms. The Morgan fingerprint density at radius 1 is 1.60 bits per heavy atom. The van der Waals surface area contributed by atoms with E-state index in [9.17, 15) is 0 Å². The summed E-state index contributed by atoms with van der Waals surface area (Å²) in [7, 11) is 0. The molecule has 2 aliphatic heterocycles. The Labute approximate surface area is 88.7 Å². The highest BCUT2D eigenvalue weighted by Gasteiger charge is 2.38. The molecular formula is C11H12N4. The molecule has 4 heteroatoms. The van der Waals surface area contributed by atoms with Crippen molar-refractivity contribution in [2.45, 2.75) is 18.5 Å². The van der Waals surface area contributed by atoms with Gasteiger partial charge in [-0.05, 0) is 12.5 Å². The van der Waals surface area contributed by atoms with Gasteiger partial charge in [-0.3, -0.25) is 0 Å². The Morgan fingerprint density at radius 3 is 3.20 bits per heavy atom. The fourth-order valence-corrected chi connectivity index (χ4v) is 2.47. The molecule has 1 aromatic heterocycles. The van der Waals surface area contributed by atoms with Gasteiger partial charge in [-0.15, -0.1) is 11.5 Å². The van der Waals surface area contributed by atoms with Crippen molar-refractivity contribution >= 4 is 5.82 Å². The van der Waals surface area contributed by atoms with Gasteiger partial charge in [-0.25, -0.2) is 0 Å². The number of nitrogens with one attached hydrogen (secondary N) is 1. The molecule has 2 bridgehead atoms. The van der Waals surface area contributed by atoms with Crippen LogP contribution in [-0.2, 0) is 0 Å². The molecule has 3 rings (SSSR count). The SMILES string of the molecule is C#Cc1ccnnc1N1C[C@@H]2C[C@H]1CN2. The smallest absolute Gasteiger partial charge is 0.167 e. The number of rotatable bonds is 1. The molecule has 0 aliphatic carbocycles. The van der Waals surface area contributed by atoms with Crippen LogP contribution in [0.25, 0.3) is 0 Å². The summed E-state index contributed by atoms with van der Waals surface area (Å²) in [6.07, 6.45) is 8.30. The second-order valence-electron chi connectivity index (χ2n) is 4.06. The predicted molar refractivity (Wildman–Crippen MR) is 57.5 cm³/mol. The molecule has 0 amide bonds. The van der Waals surface area contributed by atoms with Crippen molar-refractivity contribution in [2.24, 2.45) is 0 Å². The number of hydrogen-bond donors (Lipinski definition) is 1. The fraction of sp³-hybridized carbons (Fsp3) is 0.455. The van der Waals surface area contributed by atoms with E-state index in [1.807, 2.05) is 6.07 Å². The van der Waals surface area contributed by atoms with Crippen LogP contribution in [0, 0.1) is 12.3 Å². The van der Waals surface area contributed by atoms with E-state index in [4.69, 9.17) is 6.42 Å². The third-order valence-corrected chi connectivity index (χ3v) is 3.19. The normalized spacial score (nSPS) is 28.1. The molecule has 3 heterocycles. The summed E-state index contributed by atoms with van der Waals surface area (Å²) in [5.74, 6) is 3.54. The number of anilines is 1. The van der Waals surface area contributed by atoms with Crippen molar-refractivity contribution in [3.8, 4) is 12.3 Å². The predicted octanol–water partition coefficient (Wildman–Crippen LogP) is 0.00840. The van der Waals surface area contributed by atoms with Crippen LogP contribution in [0.4, 0.5) is 5.82 Å². The van der Waals surface area contributed by atoms with E-state index in [1.54, 1.807) is 6.20 Å². The lowest BCUT2D eigenvalue weighted by molar-refractivity contribution is 0.574. The molecule has 1 aromatic rings. The monoisotopic (exact) mass is 200 g/mol. The van der Waals surface area contributed by atoms with Gasteiger partial charge in [-0.2, -0.15) is 5.10 Å². The van der Waals surface area contributed by atoms with E-state index >= 15 is 0 Å². The highest BCUT2D eigenvalue weighted by atomic mass is 15.3. The van der Waals surface area contributed by atoms with Crippen LogP contribution >= 0.6 is 0 Å². The maximum Gasteiger partial charge on any atom is 0.167 e. The highest BCUT2D eigenvalue weighted by Crippen LogP contribution is 2.29. The Hall–Kier alpha value is -1.60. The maximum absolute atomic E-state index is 5.46. The van der Waals surface area contributed by atoms with E-state index in [0.717, 1.165) is 24.5 Å². The number of piperazine rings is 1. The number of fused-ring (bicyclic) bond motifs is 2. The lowest BCUT2D eigenvalue weighted by atomic mass is 10.2. The van der Waals surface area contributed by atoms with Gasteiger partial charge in [0.25, 0.3) is 0 Å². The lowest BCUT2D eigenvalue weighted by Crippen LogP contribution is -2.44. The summed E-state index contributed by atoms with van der Waals surface area (Å²) in [6.45, 7) is 2.03. The molecule has 1 N–H and O–H groups in total. The summed E-state index contributed by atoms with van der Waals surface area (Å²) in [6, 6.07) is 2.99. The summed E-state index contributed by atoms with van der Waals surface area (Å²) in [5, 5.41) is 11.5.